The van der Waals surface area contributed by atoms with Crippen LogP contribution < -0.4 is 15.5 Å². The highest BCUT2D eigenvalue weighted by molar-refractivity contribution is 7.18. The molecule has 1 aliphatic rings. The third kappa shape index (κ3) is 29.0. The van der Waals surface area contributed by atoms with E-state index in [0.717, 1.165) is 87.5 Å². The summed E-state index contributed by atoms with van der Waals surface area (Å²) in [6.07, 6.45) is 0.927. The fourth-order valence-corrected chi connectivity index (χ4v) is 16.8. The van der Waals surface area contributed by atoms with Gasteiger partial charge in [-0.1, -0.05) is 67.6 Å². The SMILES string of the molecule is CC(c1cccc(F)c1)c1cccc(F)c1.CCN(c1ccc(F)cc1)c1ccc(C(=O)N(C)C)cc1.COCc1cc(C(=O)N(C)C)sc1-c1ccc(F)cc1.COCc1cc(C(=O)N2CCC(O)CC2)sc1-c1ccc(F)cc1.COCc1cc(C(=O)NC(C)C)sc1-c1ccc(F)cc1.COCc1sc(C(=O)NCCO)nc1-c1ccc(F)cc1. The average Bonchev–Trinajstić information content (AvgIpc) is 1.72. The van der Waals surface area contributed by atoms with E-state index in [-0.39, 0.29) is 106 Å². The number of aromatic nitrogens is 1. The van der Waals surface area contributed by atoms with Gasteiger partial charge < -0.3 is 59.4 Å². The van der Waals surface area contributed by atoms with Crippen molar-refractivity contribution in [1.29, 1.82) is 0 Å². The monoisotopic (exact) mass is 1760 g/mol. The summed E-state index contributed by atoms with van der Waals surface area (Å²) in [5, 5.41) is 24.0. The smallest absolute Gasteiger partial charge is 0.280 e. The van der Waals surface area contributed by atoms with Crippen LogP contribution in [0.25, 0.3) is 42.6 Å². The number of benzene rings is 8. The number of rotatable bonds is 25. The number of hydrogen-bond donors (Lipinski definition) is 4. The largest absolute Gasteiger partial charge is 0.395 e. The van der Waals surface area contributed by atoms with Gasteiger partial charge in [0, 0.05) is 132 Å². The van der Waals surface area contributed by atoms with Crippen LogP contribution in [0.15, 0.2) is 212 Å². The van der Waals surface area contributed by atoms with Crippen molar-refractivity contribution in [1.82, 2.24) is 30.3 Å². The number of nitrogens with one attached hydrogen (secondary N) is 2. The predicted molar refractivity (Wildman–Crippen MR) is 475 cm³/mol. The first kappa shape index (κ1) is 97.4. The number of hydrogen-bond acceptors (Lipinski definition) is 17. The fourth-order valence-electron chi connectivity index (χ4n) is 12.4. The molecule has 0 saturated carbocycles. The van der Waals surface area contributed by atoms with Crippen LogP contribution in [0.1, 0.15) is 128 Å². The Balaban J connectivity index is 0.000000184. The minimum Gasteiger partial charge on any atom is -0.395 e. The molecule has 1 fully saturated rings. The fraction of sp³-hybridized carbons (Fsp3) is 0.277. The minimum atomic E-state index is -0.347. The number of likely N-dealkylation sites (tertiary alicyclic amines) is 1. The van der Waals surface area contributed by atoms with Gasteiger partial charge in [-0.2, -0.15) is 0 Å². The highest BCUT2D eigenvalue weighted by Crippen LogP contribution is 2.39. The number of carbonyl (C=O) groups is 5. The second-order valence-corrected chi connectivity index (χ2v) is 32.8. The van der Waals surface area contributed by atoms with Crippen molar-refractivity contribution in [3.8, 4) is 42.6 Å². The van der Waals surface area contributed by atoms with Gasteiger partial charge in [-0.25, -0.2) is 35.7 Å². The molecule has 12 aromatic rings. The van der Waals surface area contributed by atoms with Gasteiger partial charge in [-0.05, 0) is 230 Å². The van der Waals surface area contributed by atoms with Crippen molar-refractivity contribution in [2.75, 3.05) is 94.3 Å². The van der Waals surface area contributed by atoms with E-state index < -0.39 is 0 Å². The number of ether oxygens (including phenoxy) is 4. The lowest BCUT2D eigenvalue weighted by atomic mass is 9.93. The standard InChI is InChI=1S/C18H20FNO3S.C17H19FN2O.C16H18FNO2S.C15H16FNO2S.C14H12F2.C14H15FN2O3S/c1-23-11-13-10-16(18(22)20-8-6-15(21)7-9-20)24-17(13)12-2-4-14(19)5-3-12;1-4-20(16-11-7-14(18)8-12-16)15-9-5-13(6-10-15)17(21)19(2)3;1-10(2)18-16(19)14-8-12(9-20-3)15(21-14)11-4-6-13(17)7-5-11;1-17(2)15(18)13-8-11(9-19-3)14(20-13)10-4-6-12(16)7-5-10;1-10(11-4-2-6-13(15)8-11)12-5-3-7-14(16)9-12;1-20-8-11-12(9-2-4-10(15)5-3-9)17-14(21-11)13(19)16-6-7-18/h2-5,10,15,21H,6-9,11H2,1H3;5-12H,4H2,1-3H3;4-8,10H,9H2,1-3H3,(H,18,19);4-8H,9H2,1-3H3;2-10H,1H3;2-5,18H,6-8H2,1H3,(H,16,19). The van der Waals surface area contributed by atoms with Crippen LogP contribution in [0, 0.1) is 40.7 Å². The summed E-state index contributed by atoms with van der Waals surface area (Å²) in [6, 6.07) is 56.9. The molecule has 8 aromatic carbocycles. The van der Waals surface area contributed by atoms with E-state index in [1.54, 1.807) is 139 Å². The topological polar surface area (TPSA) is 213 Å². The van der Waals surface area contributed by atoms with Crippen LogP contribution >= 0.6 is 45.3 Å². The molecule has 4 aromatic heterocycles. The van der Waals surface area contributed by atoms with Crippen molar-refractivity contribution >= 4 is 86.3 Å². The van der Waals surface area contributed by atoms with Crippen molar-refractivity contribution in [3.63, 3.8) is 0 Å². The second kappa shape index (κ2) is 48.7. The van der Waals surface area contributed by atoms with Gasteiger partial charge in [0.15, 0.2) is 5.01 Å². The average molecular weight is 1770 g/mol. The Hall–Kier alpha value is -11.1. The zero-order valence-corrected chi connectivity index (χ0v) is 73.6. The van der Waals surface area contributed by atoms with Gasteiger partial charge in [-0.15, -0.1) is 45.3 Å². The summed E-state index contributed by atoms with van der Waals surface area (Å²) >= 11 is 5.42. The molecule has 0 radical (unpaired) electrons. The Bertz CT molecular complexity index is 5310. The maximum Gasteiger partial charge on any atom is 0.280 e. The van der Waals surface area contributed by atoms with Crippen LogP contribution in [0.3, 0.4) is 0 Å². The van der Waals surface area contributed by atoms with Gasteiger partial charge in [0.1, 0.15) is 40.7 Å². The maximum absolute atomic E-state index is 13.2. The molecular weight excluding hydrogens is 1660 g/mol. The first-order valence-electron chi connectivity index (χ1n) is 39.1. The summed E-state index contributed by atoms with van der Waals surface area (Å²) in [5.41, 5.74) is 11.0. The predicted octanol–water partition coefficient (Wildman–Crippen LogP) is 20.2. The number of halogens is 7. The Kier molecular flexibility index (Phi) is 38.5. The van der Waals surface area contributed by atoms with E-state index in [2.05, 4.69) is 20.5 Å². The number of carbonyl (C=O) groups excluding carboxylic acids is 5. The molecule has 13 rings (SSSR count). The van der Waals surface area contributed by atoms with Crippen LogP contribution in [0.5, 0.6) is 0 Å². The molecule has 650 valence electrons. The van der Waals surface area contributed by atoms with Gasteiger partial charge >= 0.3 is 0 Å². The molecule has 123 heavy (non-hydrogen) atoms. The highest BCUT2D eigenvalue weighted by Gasteiger charge is 2.27. The first-order valence-corrected chi connectivity index (χ1v) is 42.3. The Morgan fingerprint density at radius 3 is 1.27 bits per heavy atom. The zero-order valence-electron chi connectivity index (χ0n) is 70.3. The number of nitrogens with zero attached hydrogens (tertiary/aromatic N) is 5. The molecule has 0 bridgehead atoms. The molecule has 0 unspecified atom stereocenters. The molecule has 5 amide bonds. The molecule has 5 heterocycles. The van der Waals surface area contributed by atoms with Gasteiger partial charge in [0.25, 0.3) is 29.5 Å². The number of amides is 5. The first-order chi connectivity index (χ1) is 59.0. The number of thiazole rings is 1. The minimum absolute atomic E-state index is 0.00796. The lowest BCUT2D eigenvalue weighted by Gasteiger charge is -2.29. The maximum atomic E-state index is 13.2. The summed E-state index contributed by atoms with van der Waals surface area (Å²) in [6.45, 7) is 11.3. The van der Waals surface area contributed by atoms with Crippen molar-refractivity contribution in [2.24, 2.45) is 0 Å². The van der Waals surface area contributed by atoms with Crippen LogP contribution in [-0.2, 0) is 45.4 Å². The molecule has 0 atom stereocenters. The summed E-state index contributed by atoms with van der Waals surface area (Å²) in [4.78, 5) is 77.4. The molecule has 18 nitrogen and oxygen atoms in total. The van der Waals surface area contributed by atoms with E-state index in [1.165, 1.54) is 135 Å². The molecule has 0 aliphatic carbocycles. The van der Waals surface area contributed by atoms with Crippen LogP contribution in [-0.4, -0.2) is 161 Å². The van der Waals surface area contributed by atoms with E-state index in [4.69, 9.17) is 24.1 Å². The van der Waals surface area contributed by atoms with Crippen molar-refractivity contribution in [2.45, 2.75) is 85.0 Å². The lowest BCUT2D eigenvalue weighted by molar-refractivity contribution is 0.0549. The van der Waals surface area contributed by atoms with E-state index in [0.29, 0.717) is 78.2 Å². The van der Waals surface area contributed by atoms with Gasteiger partial charge in [0.2, 0.25) is 0 Å². The third-order valence-electron chi connectivity index (χ3n) is 18.5. The number of thiophene rings is 3. The summed E-state index contributed by atoms with van der Waals surface area (Å²) in [5.74, 6) is -2.47. The van der Waals surface area contributed by atoms with Gasteiger partial charge in [0.05, 0.1) is 64.3 Å². The molecular formula is C94H100F7N7O11S4. The number of methoxy groups -OCH3 is 4. The van der Waals surface area contributed by atoms with Gasteiger partial charge in [-0.3, -0.25) is 24.0 Å². The molecule has 4 N–H and O–H groups in total. The molecule has 29 heteroatoms. The second-order valence-electron chi connectivity index (χ2n) is 28.6. The number of aliphatic hydroxyl groups excluding tert-OH is 2. The molecule has 1 saturated heterocycles. The van der Waals surface area contributed by atoms with E-state index in [1.807, 2.05) is 82.3 Å². The van der Waals surface area contributed by atoms with Crippen molar-refractivity contribution in [3.05, 3.63) is 311 Å². The summed E-state index contributed by atoms with van der Waals surface area (Å²) < 4.78 is 112. The highest BCUT2D eigenvalue weighted by atomic mass is 32.1. The number of aliphatic hydroxyl groups is 2. The zero-order chi connectivity index (χ0) is 89.4. The van der Waals surface area contributed by atoms with Crippen molar-refractivity contribution < 1.29 is 83.9 Å². The van der Waals surface area contributed by atoms with Crippen LogP contribution in [0.4, 0.5) is 42.1 Å². The Labute approximate surface area is 728 Å². The normalized spacial score (nSPS) is 11.6. The molecule has 1 aliphatic heterocycles. The Morgan fingerprint density at radius 2 is 0.870 bits per heavy atom. The lowest BCUT2D eigenvalue weighted by Crippen LogP contribution is -2.39. The molecule has 0 spiro atoms. The van der Waals surface area contributed by atoms with E-state index >= 15 is 0 Å². The Morgan fingerprint density at radius 1 is 0.480 bits per heavy atom. The van der Waals surface area contributed by atoms with Crippen LogP contribution in [0.2, 0.25) is 0 Å². The van der Waals surface area contributed by atoms with E-state index in [9.17, 15) is 59.8 Å². The number of anilines is 2. The quantitative estimate of drug-likeness (QED) is 0.0393. The summed E-state index contributed by atoms with van der Waals surface area (Å²) in [7, 11) is 13.3. The number of piperidine rings is 1. The third-order valence-corrected chi connectivity index (χ3v) is 23.2.